The van der Waals surface area contributed by atoms with Gasteiger partial charge in [-0.1, -0.05) is 182 Å². The summed E-state index contributed by atoms with van der Waals surface area (Å²) < 4.78 is 2.28. The number of hydrogen-bond acceptors (Lipinski definition) is 6. The number of nitrogens with zero attached hydrogens (tertiary/aromatic N) is 9. The lowest BCUT2D eigenvalue weighted by molar-refractivity contribution is 1.06. The van der Waals surface area contributed by atoms with Crippen LogP contribution in [0.15, 0.2) is 224 Å². The summed E-state index contributed by atoms with van der Waals surface area (Å²) >= 11 is 0. The third kappa shape index (κ3) is 8.12. The largest absolute Gasteiger partial charge is 0.308 e. The van der Waals surface area contributed by atoms with Gasteiger partial charge in [-0.2, -0.15) is 0 Å². The van der Waals surface area contributed by atoms with Gasteiger partial charge in [-0.05, 0) is 64.7 Å². The van der Waals surface area contributed by atoms with Crippen LogP contribution in [0.25, 0.3) is 128 Å². The van der Waals surface area contributed by atoms with Crippen LogP contribution in [0, 0.1) is 13.1 Å². The molecule has 330 valence electrons. The van der Waals surface area contributed by atoms with E-state index in [1.807, 2.05) is 170 Å². The molecule has 12 aromatic rings. The molecule has 0 spiro atoms. The van der Waals surface area contributed by atoms with Gasteiger partial charge in [0.2, 0.25) is 0 Å². The van der Waals surface area contributed by atoms with Crippen LogP contribution < -0.4 is 0 Å². The third-order valence-electron chi connectivity index (χ3n) is 12.5. The summed E-state index contributed by atoms with van der Waals surface area (Å²) in [5.41, 5.74) is 12.4. The van der Waals surface area contributed by atoms with E-state index in [4.69, 9.17) is 43.0 Å². The van der Waals surface area contributed by atoms with Crippen LogP contribution in [-0.4, -0.2) is 34.5 Å². The minimum Gasteiger partial charge on any atom is -0.308 e. The van der Waals surface area contributed by atoms with Crippen molar-refractivity contribution in [2.24, 2.45) is 0 Å². The summed E-state index contributed by atoms with van der Waals surface area (Å²) in [4.78, 5) is 38.5. The van der Waals surface area contributed by atoms with Gasteiger partial charge in [-0.25, -0.2) is 39.6 Å². The Hall–Kier alpha value is -10.2. The summed E-state index contributed by atoms with van der Waals surface area (Å²) in [6.45, 7) is 15.6. The van der Waals surface area contributed by atoms with E-state index >= 15 is 0 Å². The average Bonchev–Trinajstić information content (AvgIpc) is 3.78. The molecule has 0 radical (unpaired) electrons. The lowest BCUT2D eigenvalue weighted by atomic mass is 10.0. The Kier molecular flexibility index (Phi) is 10.8. The van der Waals surface area contributed by atoms with Gasteiger partial charge in [0.1, 0.15) is 0 Å². The normalized spacial score (nSPS) is 11.1. The van der Waals surface area contributed by atoms with Gasteiger partial charge in [0.05, 0.1) is 29.9 Å². The fourth-order valence-electron chi connectivity index (χ4n) is 9.06. The maximum atomic E-state index is 7.78. The van der Waals surface area contributed by atoms with Gasteiger partial charge in [-0.3, -0.25) is 0 Å². The van der Waals surface area contributed by atoms with E-state index in [0.29, 0.717) is 51.9 Å². The van der Waals surface area contributed by atoms with Crippen molar-refractivity contribution < 1.29 is 0 Å². The summed E-state index contributed by atoms with van der Waals surface area (Å²) in [6.07, 6.45) is 0. The van der Waals surface area contributed by atoms with E-state index in [-0.39, 0.29) is 0 Å². The summed E-state index contributed by atoms with van der Waals surface area (Å²) in [5, 5.41) is 2.06. The van der Waals surface area contributed by atoms with E-state index < -0.39 is 0 Å². The predicted molar refractivity (Wildman–Crippen MR) is 284 cm³/mol. The number of rotatable bonds is 9. The smallest absolute Gasteiger partial charge is 0.187 e. The minimum atomic E-state index is 0.451. The van der Waals surface area contributed by atoms with Crippen molar-refractivity contribution in [3.63, 3.8) is 0 Å². The standard InChI is InChI=1S/C62H37N9/c1-63-49-27-15-25-44(35-49)46-29-32-51-52-33-30-47(45-26-16-28-50(36-45)64-2)39-56(52)71(55(51)38-46)54-34-31-48(61-67-57(40-17-7-3-8-18-40)65-58(68-61)41-19-9-4-10-20-41)37-53(54)62-69-59(42-21-11-5-12-22-42)66-60(70-62)43-23-13-6-14-24-43/h3-39H. The summed E-state index contributed by atoms with van der Waals surface area (Å²) in [6, 6.07) is 74.4. The highest BCUT2D eigenvalue weighted by molar-refractivity contribution is 6.11. The lowest BCUT2D eigenvalue weighted by Crippen LogP contribution is -2.05. The molecule has 0 unspecified atom stereocenters. The van der Waals surface area contributed by atoms with Crippen molar-refractivity contribution >= 4 is 33.2 Å². The Balaban J connectivity index is 1.18. The first-order chi connectivity index (χ1) is 35.1. The monoisotopic (exact) mass is 907 g/mol. The van der Waals surface area contributed by atoms with Crippen LogP contribution >= 0.6 is 0 Å². The molecule has 9 heteroatoms. The Morgan fingerprint density at radius 2 is 0.620 bits per heavy atom. The van der Waals surface area contributed by atoms with Crippen LogP contribution in [-0.2, 0) is 0 Å². The molecule has 0 bridgehead atoms. The molecule has 0 aliphatic heterocycles. The molecule has 3 heterocycles. The van der Waals surface area contributed by atoms with Crippen LogP contribution in [0.4, 0.5) is 11.4 Å². The van der Waals surface area contributed by atoms with Crippen molar-refractivity contribution in [3.05, 3.63) is 247 Å². The molecule has 3 aromatic heterocycles. The molecule has 0 N–H and O–H groups in total. The van der Waals surface area contributed by atoms with Crippen LogP contribution in [0.1, 0.15) is 0 Å². The third-order valence-corrected chi connectivity index (χ3v) is 12.5. The van der Waals surface area contributed by atoms with Gasteiger partial charge in [0.25, 0.3) is 0 Å². The molecule has 0 saturated carbocycles. The molecule has 9 aromatic carbocycles. The molecule has 0 aliphatic carbocycles. The molecule has 71 heavy (non-hydrogen) atoms. The number of hydrogen-bond donors (Lipinski definition) is 0. The highest BCUT2D eigenvalue weighted by Crippen LogP contribution is 2.41. The van der Waals surface area contributed by atoms with Crippen molar-refractivity contribution in [2.45, 2.75) is 0 Å². The van der Waals surface area contributed by atoms with Gasteiger partial charge in [0.15, 0.2) is 46.3 Å². The zero-order valence-corrected chi connectivity index (χ0v) is 37.9. The molecule has 0 fully saturated rings. The molecule has 12 rings (SSSR count). The van der Waals surface area contributed by atoms with E-state index in [1.54, 1.807) is 0 Å². The van der Waals surface area contributed by atoms with E-state index in [1.165, 1.54) is 0 Å². The molecule has 9 nitrogen and oxygen atoms in total. The van der Waals surface area contributed by atoms with E-state index in [2.05, 4.69) is 68.9 Å². The van der Waals surface area contributed by atoms with Gasteiger partial charge in [0, 0.05) is 44.2 Å². The Bertz CT molecular complexity index is 3830. The zero-order valence-electron chi connectivity index (χ0n) is 37.9. The number of benzene rings is 9. The molecular weight excluding hydrogens is 871 g/mol. The maximum Gasteiger partial charge on any atom is 0.187 e. The Labute approximate surface area is 409 Å². The fourth-order valence-corrected chi connectivity index (χ4v) is 9.06. The number of aromatic nitrogens is 7. The van der Waals surface area contributed by atoms with Crippen molar-refractivity contribution in [2.75, 3.05) is 0 Å². The van der Waals surface area contributed by atoms with Gasteiger partial charge >= 0.3 is 0 Å². The second kappa shape index (κ2) is 18.1. The highest BCUT2D eigenvalue weighted by Gasteiger charge is 2.23. The van der Waals surface area contributed by atoms with Crippen LogP contribution in [0.5, 0.6) is 0 Å². The summed E-state index contributed by atoms with van der Waals surface area (Å²) in [5.74, 6) is 3.07. The predicted octanol–water partition coefficient (Wildman–Crippen LogP) is 15.6. The van der Waals surface area contributed by atoms with Crippen LogP contribution in [0.2, 0.25) is 0 Å². The zero-order chi connectivity index (χ0) is 47.7. The first kappa shape index (κ1) is 42.2. The van der Waals surface area contributed by atoms with Gasteiger partial charge in [-0.15, -0.1) is 0 Å². The minimum absolute atomic E-state index is 0.451. The van der Waals surface area contributed by atoms with Crippen LogP contribution in [0.3, 0.4) is 0 Å². The average molecular weight is 908 g/mol. The Morgan fingerprint density at radius 1 is 0.282 bits per heavy atom. The van der Waals surface area contributed by atoms with E-state index in [9.17, 15) is 0 Å². The van der Waals surface area contributed by atoms with Crippen molar-refractivity contribution in [3.8, 4) is 96.3 Å². The maximum absolute atomic E-state index is 7.78. The quantitative estimate of drug-likeness (QED) is 0.134. The second-order valence-corrected chi connectivity index (χ2v) is 16.9. The number of fused-ring (bicyclic) bond motifs is 3. The van der Waals surface area contributed by atoms with Crippen molar-refractivity contribution in [1.82, 2.24) is 34.5 Å². The molecule has 0 atom stereocenters. The molecule has 0 aliphatic rings. The topological polar surface area (TPSA) is 91.0 Å². The second-order valence-electron chi connectivity index (χ2n) is 16.9. The van der Waals surface area contributed by atoms with E-state index in [0.717, 1.165) is 77.6 Å². The SMILES string of the molecule is [C-]#[N+]c1cccc(-c2ccc3c4ccc(-c5cccc([N+]#[C-])c5)cc4n(-c4ccc(-c5nc(-c6ccccc6)nc(-c6ccccc6)n5)cc4-c4nc(-c5ccccc5)nc(-c5ccccc5)n4)c3c2)c1. The van der Waals surface area contributed by atoms with Gasteiger partial charge < -0.3 is 4.57 Å². The van der Waals surface area contributed by atoms with Crippen molar-refractivity contribution in [1.29, 1.82) is 0 Å². The highest BCUT2D eigenvalue weighted by atomic mass is 15.1. The molecular formula is C62H37N9. The molecule has 0 saturated heterocycles. The first-order valence-electron chi connectivity index (χ1n) is 23.0. The Morgan fingerprint density at radius 3 is 1.01 bits per heavy atom. The molecule has 0 amide bonds. The lowest BCUT2D eigenvalue weighted by Gasteiger charge is -2.17. The first-order valence-corrected chi connectivity index (χ1v) is 23.0. The summed E-state index contributed by atoms with van der Waals surface area (Å²) in [7, 11) is 0. The fraction of sp³-hybridized carbons (Fsp3) is 0.